The largest absolute Gasteiger partial charge is 0.490 e. The number of ether oxygens (including phenoxy) is 1. The Morgan fingerprint density at radius 3 is 2.44 bits per heavy atom. The fraction of sp³-hybridized carbons (Fsp3) is 0.316. The summed E-state index contributed by atoms with van der Waals surface area (Å²) in [5.74, 6) is -0.647. The Bertz CT molecular complexity index is 714. The predicted octanol–water partition coefficient (Wildman–Crippen LogP) is 6.34. The van der Waals surface area contributed by atoms with E-state index in [9.17, 15) is 9.18 Å². The molecule has 0 aliphatic rings. The monoisotopic (exact) mass is 383 g/mol. The van der Waals surface area contributed by atoms with Crippen LogP contribution in [-0.2, 0) is 0 Å². The van der Waals surface area contributed by atoms with Gasteiger partial charge in [-0.2, -0.15) is 0 Å². The molecule has 1 amide bonds. The Hall–Kier alpha value is -1.78. The summed E-state index contributed by atoms with van der Waals surface area (Å²) in [4.78, 5) is 12.3. The van der Waals surface area contributed by atoms with Gasteiger partial charge in [-0.25, -0.2) is 4.39 Å². The predicted molar refractivity (Wildman–Crippen MR) is 100 cm³/mol. The maximum atomic E-state index is 13.6. The van der Waals surface area contributed by atoms with E-state index in [1.54, 1.807) is 12.1 Å². The fourth-order valence-corrected chi connectivity index (χ4v) is 2.89. The van der Waals surface area contributed by atoms with Crippen LogP contribution in [0.15, 0.2) is 36.4 Å². The van der Waals surface area contributed by atoms with Gasteiger partial charge in [0.2, 0.25) is 0 Å². The maximum Gasteiger partial charge on any atom is 0.255 e. The van der Waals surface area contributed by atoms with Crippen molar-refractivity contribution in [1.82, 2.24) is 0 Å². The van der Waals surface area contributed by atoms with Crippen molar-refractivity contribution in [3.05, 3.63) is 57.8 Å². The van der Waals surface area contributed by atoms with Crippen LogP contribution in [0.4, 0.5) is 10.1 Å². The number of halogens is 3. The molecule has 0 radical (unpaired) electrons. The van der Waals surface area contributed by atoms with Crippen LogP contribution in [0, 0.1) is 5.82 Å². The molecule has 0 spiro atoms. The second kappa shape index (κ2) is 9.64. The van der Waals surface area contributed by atoms with Gasteiger partial charge in [-0.15, -0.1) is 0 Å². The number of unbranched alkanes of at least 4 members (excludes halogenated alkanes) is 3. The Kier molecular flexibility index (Phi) is 7.53. The summed E-state index contributed by atoms with van der Waals surface area (Å²) < 4.78 is 19.3. The highest BCUT2D eigenvalue weighted by atomic mass is 35.5. The number of rotatable bonds is 8. The van der Waals surface area contributed by atoms with Gasteiger partial charge in [0.25, 0.3) is 5.91 Å². The van der Waals surface area contributed by atoms with Crippen LogP contribution >= 0.6 is 23.2 Å². The van der Waals surface area contributed by atoms with Crippen LogP contribution in [-0.4, -0.2) is 12.5 Å². The van der Waals surface area contributed by atoms with E-state index in [-0.39, 0.29) is 21.3 Å². The van der Waals surface area contributed by atoms with Crippen molar-refractivity contribution in [2.75, 3.05) is 11.9 Å². The third-order valence-electron chi connectivity index (χ3n) is 3.63. The van der Waals surface area contributed by atoms with Crippen LogP contribution in [0.2, 0.25) is 10.0 Å². The molecule has 0 heterocycles. The van der Waals surface area contributed by atoms with Crippen molar-refractivity contribution in [3.63, 3.8) is 0 Å². The first-order chi connectivity index (χ1) is 12.0. The number of hydrogen-bond acceptors (Lipinski definition) is 2. The molecular weight excluding hydrogens is 364 g/mol. The smallest absolute Gasteiger partial charge is 0.255 e. The number of carbonyl (C=O) groups excluding carboxylic acids is 1. The van der Waals surface area contributed by atoms with Crippen LogP contribution in [0.5, 0.6) is 5.75 Å². The first-order valence-electron chi connectivity index (χ1n) is 8.20. The van der Waals surface area contributed by atoms with E-state index in [4.69, 9.17) is 27.9 Å². The summed E-state index contributed by atoms with van der Waals surface area (Å²) in [6.45, 7) is 2.65. The van der Waals surface area contributed by atoms with Gasteiger partial charge in [-0.05, 0) is 30.7 Å². The lowest BCUT2D eigenvalue weighted by atomic mass is 10.2. The van der Waals surface area contributed by atoms with Crippen LogP contribution < -0.4 is 10.1 Å². The zero-order valence-electron chi connectivity index (χ0n) is 14.0. The number of nitrogens with one attached hydrogen (secondary N) is 1. The minimum absolute atomic E-state index is 0.0935. The molecule has 3 nitrogen and oxygen atoms in total. The molecule has 2 aromatic carbocycles. The van der Waals surface area contributed by atoms with Crippen molar-refractivity contribution < 1.29 is 13.9 Å². The lowest BCUT2D eigenvalue weighted by Gasteiger charge is -2.12. The summed E-state index contributed by atoms with van der Waals surface area (Å²) in [6.07, 6.45) is 4.29. The number of benzene rings is 2. The molecule has 0 unspecified atom stereocenters. The summed E-state index contributed by atoms with van der Waals surface area (Å²) in [5, 5.41) is 3.00. The maximum absolute atomic E-state index is 13.6. The fourth-order valence-electron chi connectivity index (χ4n) is 2.29. The van der Waals surface area contributed by atoms with Gasteiger partial charge < -0.3 is 10.1 Å². The zero-order valence-corrected chi connectivity index (χ0v) is 15.5. The Balaban J connectivity index is 2.05. The highest BCUT2D eigenvalue weighted by molar-refractivity contribution is 6.37. The Labute approximate surface area is 157 Å². The quantitative estimate of drug-likeness (QED) is 0.539. The Morgan fingerprint density at radius 2 is 1.80 bits per heavy atom. The third kappa shape index (κ3) is 5.62. The second-order valence-electron chi connectivity index (χ2n) is 5.61. The molecule has 2 rings (SSSR count). The molecule has 0 atom stereocenters. The molecule has 0 aromatic heterocycles. The van der Waals surface area contributed by atoms with E-state index < -0.39 is 11.7 Å². The Morgan fingerprint density at radius 1 is 1.12 bits per heavy atom. The molecule has 0 aliphatic carbocycles. The number of hydrogen-bond donors (Lipinski definition) is 1. The number of para-hydroxylation sites is 1. The number of amides is 1. The first-order valence-corrected chi connectivity index (χ1v) is 8.96. The van der Waals surface area contributed by atoms with E-state index in [0.717, 1.165) is 25.7 Å². The van der Waals surface area contributed by atoms with Crippen molar-refractivity contribution in [2.24, 2.45) is 0 Å². The average Bonchev–Trinajstić information content (AvgIpc) is 2.58. The molecule has 0 saturated carbocycles. The summed E-state index contributed by atoms with van der Waals surface area (Å²) in [7, 11) is 0. The third-order valence-corrected chi connectivity index (χ3v) is 4.19. The van der Waals surface area contributed by atoms with E-state index in [0.29, 0.717) is 12.4 Å². The van der Waals surface area contributed by atoms with Crippen molar-refractivity contribution in [1.29, 1.82) is 0 Å². The summed E-state index contributed by atoms with van der Waals surface area (Å²) >= 11 is 12.4. The molecule has 0 aliphatic heterocycles. The van der Waals surface area contributed by atoms with Gasteiger partial charge in [0.1, 0.15) is 5.82 Å². The molecule has 1 N–H and O–H groups in total. The van der Waals surface area contributed by atoms with E-state index in [1.807, 2.05) is 0 Å². The zero-order chi connectivity index (χ0) is 18.2. The highest BCUT2D eigenvalue weighted by Gasteiger charge is 2.15. The minimum atomic E-state index is -0.514. The van der Waals surface area contributed by atoms with Gasteiger partial charge in [0, 0.05) is 5.56 Å². The van der Waals surface area contributed by atoms with Crippen molar-refractivity contribution >= 4 is 34.8 Å². The lowest BCUT2D eigenvalue weighted by Crippen LogP contribution is -2.13. The number of carbonyl (C=O) groups is 1. The second-order valence-corrected chi connectivity index (χ2v) is 6.43. The number of anilines is 1. The topological polar surface area (TPSA) is 38.3 Å². The van der Waals surface area contributed by atoms with Gasteiger partial charge >= 0.3 is 0 Å². The molecule has 0 fully saturated rings. The molecule has 0 saturated heterocycles. The molecule has 134 valence electrons. The molecule has 25 heavy (non-hydrogen) atoms. The summed E-state index contributed by atoms with van der Waals surface area (Å²) in [5.41, 5.74) is 0.326. The van der Waals surface area contributed by atoms with Gasteiger partial charge in [0.05, 0.1) is 22.3 Å². The standard InChI is InChI=1S/C19H20Cl2FNO2/c1-2-3-4-7-10-25-18-14(20)11-13(12-15(18)21)19(24)23-17-9-6-5-8-16(17)22/h5-6,8-9,11-12H,2-4,7,10H2,1H3,(H,23,24). The lowest BCUT2D eigenvalue weighted by molar-refractivity contribution is 0.102. The molecule has 0 bridgehead atoms. The highest BCUT2D eigenvalue weighted by Crippen LogP contribution is 2.34. The first kappa shape index (κ1) is 19.5. The van der Waals surface area contributed by atoms with Crippen LogP contribution in [0.1, 0.15) is 43.0 Å². The van der Waals surface area contributed by atoms with E-state index in [1.165, 1.54) is 24.3 Å². The normalized spacial score (nSPS) is 10.6. The van der Waals surface area contributed by atoms with Crippen molar-refractivity contribution in [3.8, 4) is 5.75 Å². The van der Waals surface area contributed by atoms with Crippen LogP contribution in [0.3, 0.4) is 0 Å². The average molecular weight is 384 g/mol. The molecule has 6 heteroatoms. The van der Waals surface area contributed by atoms with Gasteiger partial charge in [-0.3, -0.25) is 4.79 Å². The van der Waals surface area contributed by atoms with E-state index in [2.05, 4.69) is 12.2 Å². The van der Waals surface area contributed by atoms with Crippen molar-refractivity contribution in [2.45, 2.75) is 32.6 Å². The summed E-state index contributed by atoms with van der Waals surface area (Å²) in [6, 6.07) is 8.85. The minimum Gasteiger partial charge on any atom is -0.490 e. The molecular formula is C19H20Cl2FNO2. The van der Waals surface area contributed by atoms with E-state index >= 15 is 0 Å². The molecule has 2 aromatic rings. The van der Waals surface area contributed by atoms with Gasteiger partial charge in [-0.1, -0.05) is 61.5 Å². The SMILES string of the molecule is CCCCCCOc1c(Cl)cc(C(=O)Nc2ccccc2F)cc1Cl. The van der Waals surface area contributed by atoms with Crippen LogP contribution in [0.25, 0.3) is 0 Å². The van der Waals surface area contributed by atoms with Gasteiger partial charge in [0.15, 0.2) is 5.75 Å².